The third-order valence-corrected chi connectivity index (χ3v) is 6.25. The smallest absolute Gasteiger partial charge is 0.158 e. The van der Waals surface area contributed by atoms with Crippen LogP contribution in [-0.2, 0) is 12.8 Å². The Labute approximate surface area is 160 Å². The van der Waals surface area contributed by atoms with Crippen molar-refractivity contribution in [3.8, 4) is 5.75 Å². The molecule has 27 heavy (non-hydrogen) atoms. The Balaban J connectivity index is 1.47. The molecule has 0 spiro atoms. The van der Waals surface area contributed by atoms with Crippen molar-refractivity contribution in [1.82, 2.24) is 15.0 Å². The topological polar surface area (TPSA) is 75.2 Å². The second-order valence-electron chi connectivity index (χ2n) is 6.64. The fraction of sp³-hybridized carbons (Fsp3) is 0.250. The van der Waals surface area contributed by atoms with E-state index in [2.05, 4.69) is 25.5 Å². The number of aryl methyl sites for hydroxylation is 2. The van der Waals surface area contributed by atoms with Crippen LogP contribution < -0.4 is 10.2 Å². The molecule has 0 unspecified atom stereocenters. The molecule has 4 aromatic rings. The molecule has 3 aromatic heterocycles. The highest BCUT2D eigenvalue weighted by atomic mass is 32.1. The normalized spacial score (nSPS) is 14.1. The van der Waals surface area contributed by atoms with Gasteiger partial charge in [-0.25, -0.2) is 9.97 Å². The number of benzene rings is 1. The third-order valence-electron chi connectivity index (χ3n) is 5.05. The van der Waals surface area contributed by atoms with E-state index in [9.17, 15) is 0 Å². The number of H-pyrrole nitrogens is 1. The molecular formula is C20H19N5OS. The van der Waals surface area contributed by atoms with Crippen LogP contribution in [0.25, 0.3) is 21.1 Å². The predicted molar refractivity (Wildman–Crippen MR) is 110 cm³/mol. The van der Waals surface area contributed by atoms with Crippen molar-refractivity contribution in [2.45, 2.75) is 25.7 Å². The highest BCUT2D eigenvalue weighted by molar-refractivity contribution is 7.19. The van der Waals surface area contributed by atoms with E-state index in [1.54, 1.807) is 24.8 Å². The number of ether oxygens (including phenoxy) is 1. The number of nitrogens with one attached hydrogen (secondary N) is 2. The maximum atomic E-state index is 5.32. The lowest BCUT2D eigenvalue weighted by molar-refractivity contribution is 0.415. The van der Waals surface area contributed by atoms with Crippen molar-refractivity contribution >= 4 is 44.5 Å². The van der Waals surface area contributed by atoms with Crippen LogP contribution in [0.4, 0.5) is 5.82 Å². The van der Waals surface area contributed by atoms with Crippen molar-refractivity contribution in [1.29, 1.82) is 0 Å². The molecule has 2 N–H and O–H groups in total. The minimum atomic E-state index is 0.785. The molecule has 6 nitrogen and oxygen atoms in total. The summed E-state index contributed by atoms with van der Waals surface area (Å²) in [6, 6.07) is 5.95. The van der Waals surface area contributed by atoms with Crippen molar-refractivity contribution < 1.29 is 4.74 Å². The molecule has 1 aliphatic carbocycles. The first-order valence-corrected chi connectivity index (χ1v) is 9.84. The van der Waals surface area contributed by atoms with Crippen LogP contribution in [0.2, 0.25) is 0 Å². The number of hydrazone groups is 1. The maximum Gasteiger partial charge on any atom is 0.158 e. The summed E-state index contributed by atoms with van der Waals surface area (Å²) in [5.41, 5.74) is 6.58. The first kappa shape index (κ1) is 16.3. The molecule has 136 valence electrons. The minimum absolute atomic E-state index is 0.785. The third kappa shape index (κ3) is 2.84. The molecule has 1 aliphatic rings. The molecule has 0 saturated heterocycles. The summed E-state index contributed by atoms with van der Waals surface area (Å²) in [5.74, 6) is 1.61. The van der Waals surface area contributed by atoms with Crippen LogP contribution in [-0.4, -0.2) is 28.3 Å². The van der Waals surface area contributed by atoms with E-state index in [0.717, 1.165) is 51.1 Å². The second kappa shape index (κ2) is 6.66. The monoisotopic (exact) mass is 377 g/mol. The van der Waals surface area contributed by atoms with Gasteiger partial charge in [-0.1, -0.05) is 0 Å². The van der Waals surface area contributed by atoms with Crippen LogP contribution in [0.15, 0.2) is 35.8 Å². The van der Waals surface area contributed by atoms with E-state index in [-0.39, 0.29) is 0 Å². The number of hydrogen-bond donors (Lipinski definition) is 2. The first-order chi connectivity index (χ1) is 13.3. The summed E-state index contributed by atoms with van der Waals surface area (Å²) in [7, 11) is 1.67. The molecule has 1 aromatic carbocycles. The standard InChI is InChI=1S/C20H19N5OS/c1-26-13-6-7-16-15(8-13)12(9-21-16)10-24-25-19-18-14-4-2-3-5-17(14)27-20(18)23-11-22-19/h6-11,21H,2-5H2,1H3,(H,22,23,25)/b24-10-. The van der Waals surface area contributed by atoms with Gasteiger partial charge in [0.1, 0.15) is 16.9 Å². The lowest BCUT2D eigenvalue weighted by Crippen LogP contribution is -2.00. The first-order valence-electron chi connectivity index (χ1n) is 9.03. The summed E-state index contributed by atoms with van der Waals surface area (Å²) in [5, 5.41) is 6.65. The van der Waals surface area contributed by atoms with Crippen molar-refractivity contribution in [3.63, 3.8) is 0 Å². The molecule has 0 aliphatic heterocycles. The van der Waals surface area contributed by atoms with Crippen LogP contribution >= 0.6 is 11.3 Å². The van der Waals surface area contributed by atoms with Gasteiger partial charge < -0.3 is 9.72 Å². The average Bonchev–Trinajstić information content (AvgIpc) is 3.29. The Bertz CT molecular complexity index is 1160. The summed E-state index contributed by atoms with van der Waals surface area (Å²) in [6.45, 7) is 0. The molecule has 0 amide bonds. The molecule has 0 fully saturated rings. The number of aromatic nitrogens is 3. The van der Waals surface area contributed by atoms with E-state index in [0.29, 0.717) is 0 Å². The van der Waals surface area contributed by atoms with Crippen LogP contribution in [0, 0.1) is 0 Å². The Morgan fingerprint density at radius 2 is 2.19 bits per heavy atom. The van der Waals surface area contributed by atoms with Crippen molar-refractivity contribution in [3.05, 3.63) is 46.7 Å². The van der Waals surface area contributed by atoms with E-state index in [1.165, 1.54) is 23.3 Å². The molecule has 0 saturated carbocycles. The second-order valence-corrected chi connectivity index (χ2v) is 7.72. The van der Waals surface area contributed by atoms with Gasteiger partial charge in [0, 0.05) is 27.5 Å². The number of aromatic amines is 1. The van der Waals surface area contributed by atoms with Gasteiger partial charge in [-0.15, -0.1) is 11.3 Å². The molecule has 0 bridgehead atoms. The zero-order valence-corrected chi connectivity index (χ0v) is 15.8. The van der Waals surface area contributed by atoms with Gasteiger partial charge in [0.2, 0.25) is 0 Å². The quantitative estimate of drug-likeness (QED) is 0.405. The minimum Gasteiger partial charge on any atom is -0.497 e. The zero-order valence-electron chi connectivity index (χ0n) is 15.0. The Kier molecular flexibility index (Phi) is 4.01. The largest absolute Gasteiger partial charge is 0.497 e. The van der Waals surface area contributed by atoms with Gasteiger partial charge in [0.05, 0.1) is 18.7 Å². The van der Waals surface area contributed by atoms with E-state index in [4.69, 9.17) is 4.74 Å². The van der Waals surface area contributed by atoms with Gasteiger partial charge in [-0.05, 0) is 49.4 Å². The lowest BCUT2D eigenvalue weighted by atomic mass is 9.97. The maximum absolute atomic E-state index is 5.32. The highest BCUT2D eigenvalue weighted by Crippen LogP contribution is 2.38. The molecule has 0 atom stereocenters. The summed E-state index contributed by atoms with van der Waals surface area (Å²) >= 11 is 1.79. The number of methoxy groups -OCH3 is 1. The summed E-state index contributed by atoms with van der Waals surface area (Å²) in [6.07, 6.45) is 10.1. The van der Waals surface area contributed by atoms with Crippen molar-refractivity contribution in [2.75, 3.05) is 12.5 Å². The molecular weight excluding hydrogens is 358 g/mol. The fourth-order valence-corrected chi connectivity index (χ4v) is 4.92. The highest BCUT2D eigenvalue weighted by Gasteiger charge is 2.19. The number of hydrogen-bond acceptors (Lipinski definition) is 6. The Morgan fingerprint density at radius 3 is 3.11 bits per heavy atom. The SMILES string of the molecule is COc1ccc2[nH]cc(/C=N\Nc3ncnc4sc5c(c34)CCCC5)c2c1. The van der Waals surface area contributed by atoms with Crippen LogP contribution in [0.3, 0.4) is 0 Å². The van der Waals surface area contributed by atoms with Gasteiger partial charge in [-0.2, -0.15) is 5.10 Å². The number of anilines is 1. The average molecular weight is 377 g/mol. The Morgan fingerprint density at radius 1 is 1.26 bits per heavy atom. The number of fused-ring (bicyclic) bond motifs is 4. The predicted octanol–water partition coefficient (Wildman–Crippen LogP) is 4.51. The summed E-state index contributed by atoms with van der Waals surface area (Å²) < 4.78 is 5.32. The lowest BCUT2D eigenvalue weighted by Gasteiger charge is -2.11. The van der Waals surface area contributed by atoms with E-state index >= 15 is 0 Å². The van der Waals surface area contributed by atoms with Gasteiger partial charge >= 0.3 is 0 Å². The number of rotatable bonds is 4. The molecule has 3 heterocycles. The van der Waals surface area contributed by atoms with E-state index < -0.39 is 0 Å². The van der Waals surface area contributed by atoms with E-state index in [1.807, 2.05) is 30.6 Å². The fourth-order valence-electron chi connectivity index (χ4n) is 3.69. The summed E-state index contributed by atoms with van der Waals surface area (Å²) in [4.78, 5) is 14.7. The Hall–Kier alpha value is -2.93. The number of thiophene rings is 1. The molecule has 5 rings (SSSR count). The molecule has 7 heteroatoms. The zero-order chi connectivity index (χ0) is 18.2. The van der Waals surface area contributed by atoms with Crippen molar-refractivity contribution in [2.24, 2.45) is 5.10 Å². The molecule has 0 radical (unpaired) electrons. The van der Waals surface area contributed by atoms with Gasteiger partial charge in [0.25, 0.3) is 0 Å². The van der Waals surface area contributed by atoms with Crippen LogP contribution in [0.1, 0.15) is 28.8 Å². The van der Waals surface area contributed by atoms with Gasteiger partial charge in [0.15, 0.2) is 5.82 Å². The number of nitrogens with zero attached hydrogens (tertiary/aromatic N) is 3. The van der Waals surface area contributed by atoms with Crippen LogP contribution in [0.5, 0.6) is 5.75 Å². The van der Waals surface area contributed by atoms with Gasteiger partial charge in [-0.3, -0.25) is 5.43 Å².